The summed E-state index contributed by atoms with van der Waals surface area (Å²) in [6.07, 6.45) is 2.25. The van der Waals surface area contributed by atoms with E-state index in [-0.39, 0.29) is 17.6 Å². The normalized spacial score (nSPS) is 10.9. The van der Waals surface area contributed by atoms with Gasteiger partial charge < -0.3 is 15.7 Å². The highest BCUT2D eigenvalue weighted by molar-refractivity contribution is 7.09. The van der Waals surface area contributed by atoms with Crippen LogP contribution in [0.15, 0.2) is 54.0 Å². The fourth-order valence-corrected chi connectivity index (χ4v) is 4.05. The highest BCUT2D eigenvalue weighted by atomic mass is 32.1. The van der Waals surface area contributed by atoms with Crippen LogP contribution in [-0.2, 0) is 6.54 Å². The summed E-state index contributed by atoms with van der Waals surface area (Å²) >= 11 is 1.65. The molecule has 164 valence electrons. The number of nitrogens with zero attached hydrogens (tertiary/aromatic N) is 3. The molecule has 2 amide bonds. The number of aryl methyl sites for hydroxylation is 1. The minimum Gasteiger partial charge on any atom is -0.508 e. The van der Waals surface area contributed by atoms with E-state index in [2.05, 4.69) is 20.7 Å². The number of hydrogen-bond acceptors (Lipinski definition) is 6. The lowest BCUT2D eigenvalue weighted by Gasteiger charge is -2.09. The number of amides is 2. The van der Waals surface area contributed by atoms with E-state index in [1.54, 1.807) is 35.7 Å². The van der Waals surface area contributed by atoms with Gasteiger partial charge in [0.2, 0.25) is 0 Å². The number of carbonyl (C=O) groups excluding carboxylic acids is 2. The quantitative estimate of drug-likeness (QED) is 0.358. The van der Waals surface area contributed by atoms with E-state index < -0.39 is 0 Å². The molecule has 0 saturated carbocycles. The second-order valence-corrected chi connectivity index (χ2v) is 8.38. The van der Waals surface area contributed by atoms with Gasteiger partial charge in [0.25, 0.3) is 11.8 Å². The number of benzene rings is 1. The first-order valence-corrected chi connectivity index (χ1v) is 11.1. The number of aromatic hydroxyl groups is 1. The standard InChI is InChI=1S/C23H23N5O3S/c1-15-11-19(20-13-26-28(21(20)27-15)14-18-7-3-10-32-18)23(31)25-9-4-8-24-22(30)16-5-2-6-17(29)12-16/h2-3,5-7,10-13,29H,4,8-9,14H2,1H3,(H,24,30)(H,25,31). The maximum absolute atomic E-state index is 12.8. The molecule has 0 aliphatic heterocycles. The Morgan fingerprint density at radius 3 is 2.66 bits per heavy atom. The van der Waals surface area contributed by atoms with Gasteiger partial charge in [0.15, 0.2) is 5.65 Å². The molecule has 0 atom stereocenters. The Morgan fingerprint density at radius 2 is 1.91 bits per heavy atom. The fourth-order valence-electron chi connectivity index (χ4n) is 3.36. The molecule has 0 aliphatic rings. The molecule has 0 radical (unpaired) electrons. The molecule has 0 saturated heterocycles. The average Bonchev–Trinajstić information content (AvgIpc) is 3.43. The van der Waals surface area contributed by atoms with Gasteiger partial charge in [-0.15, -0.1) is 11.3 Å². The molecule has 32 heavy (non-hydrogen) atoms. The van der Waals surface area contributed by atoms with Crippen molar-refractivity contribution in [2.75, 3.05) is 13.1 Å². The van der Waals surface area contributed by atoms with Crippen LogP contribution in [0.4, 0.5) is 0 Å². The van der Waals surface area contributed by atoms with Crippen molar-refractivity contribution in [3.05, 3.63) is 75.7 Å². The van der Waals surface area contributed by atoms with E-state index in [1.807, 2.05) is 29.1 Å². The van der Waals surface area contributed by atoms with Gasteiger partial charge in [-0.3, -0.25) is 9.59 Å². The summed E-state index contributed by atoms with van der Waals surface area (Å²) in [5.41, 5.74) is 2.35. The third-order valence-corrected chi connectivity index (χ3v) is 5.76. The van der Waals surface area contributed by atoms with Crippen LogP contribution < -0.4 is 10.6 Å². The molecule has 0 fully saturated rings. The summed E-state index contributed by atoms with van der Waals surface area (Å²) in [6, 6.07) is 12.0. The van der Waals surface area contributed by atoms with E-state index in [0.717, 1.165) is 10.6 Å². The number of fused-ring (bicyclic) bond motifs is 1. The van der Waals surface area contributed by atoms with Crippen molar-refractivity contribution in [3.8, 4) is 5.75 Å². The Balaban J connectivity index is 1.34. The van der Waals surface area contributed by atoms with E-state index in [4.69, 9.17) is 0 Å². The van der Waals surface area contributed by atoms with Crippen molar-refractivity contribution in [2.45, 2.75) is 19.9 Å². The Kier molecular flexibility index (Phi) is 6.46. The maximum atomic E-state index is 12.8. The first-order valence-electron chi connectivity index (χ1n) is 10.2. The molecule has 0 aliphatic carbocycles. The summed E-state index contributed by atoms with van der Waals surface area (Å²) in [5.74, 6) is -0.421. The molecule has 9 heteroatoms. The number of aromatic nitrogens is 3. The van der Waals surface area contributed by atoms with Crippen LogP contribution in [0.2, 0.25) is 0 Å². The second-order valence-electron chi connectivity index (χ2n) is 7.35. The highest BCUT2D eigenvalue weighted by Crippen LogP contribution is 2.20. The van der Waals surface area contributed by atoms with Gasteiger partial charge >= 0.3 is 0 Å². The number of thiophene rings is 1. The van der Waals surface area contributed by atoms with Gasteiger partial charge in [0, 0.05) is 29.2 Å². The smallest absolute Gasteiger partial charge is 0.252 e. The molecular weight excluding hydrogens is 426 g/mol. The molecule has 0 spiro atoms. The summed E-state index contributed by atoms with van der Waals surface area (Å²) in [4.78, 5) is 30.6. The van der Waals surface area contributed by atoms with Crippen LogP contribution in [0.5, 0.6) is 5.75 Å². The molecule has 4 rings (SSSR count). The Bertz CT molecular complexity index is 1250. The zero-order valence-electron chi connectivity index (χ0n) is 17.5. The minimum atomic E-state index is -0.267. The van der Waals surface area contributed by atoms with Crippen LogP contribution in [0.25, 0.3) is 11.0 Å². The largest absolute Gasteiger partial charge is 0.508 e. The molecule has 4 aromatic rings. The highest BCUT2D eigenvalue weighted by Gasteiger charge is 2.16. The molecular formula is C23H23N5O3S. The van der Waals surface area contributed by atoms with Crippen LogP contribution >= 0.6 is 11.3 Å². The number of phenols is 1. The van der Waals surface area contributed by atoms with Gasteiger partial charge in [0.1, 0.15) is 5.75 Å². The monoisotopic (exact) mass is 449 g/mol. The number of carbonyl (C=O) groups is 2. The van der Waals surface area contributed by atoms with Crippen LogP contribution in [0.3, 0.4) is 0 Å². The predicted molar refractivity (Wildman–Crippen MR) is 123 cm³/mol. The Hall–Kier alpha value is -3.72. The average molecular weight is 450 g/mol. The van der Waals surface area contributed by atoms with Crippen LogP contribution in [0.1, 0.15) is 37.7 Å². The van der Waals surface area contributed by atoms with E-state index >= 15 is 0 Å². The third-order valence-electron chi connectivity index (χ3n) is 4.90. The number of pyridine rings is 1. The lowest BCUT2D eigenvalue weighted by molar-refractivity contribution is 0.0952. The van der Waals surface area contributed by atoms with Gasteiger partial charge in [-0.2, -0.15) is 5.10 Å². The van der Waals surface area contributed by atoms with Crippen molar-refractivity contribution < 1.29 is 14.7 Å². The SMILES string of the molecule is Cc1cc(C(=O)NCCCNC(=O)c2cccc(O)c2)c2cnn(Cc3cccs3)c2n1. The van der Waals surface area contributed by atoms with Gasteiger partial charge in [-0.05, 0) is 49.1 Å². The van der Waals surface area contributed by atoms with E-state index in [0.29, 0.717) is 48.2 Å². The minimum absolute atomic E-state index is 0.0441. The first-order chi connectivity index (χ1) is 15.5. The van der Waals surface area contributed by atoms with Gasteiger partial charge in [0.05, 0.1) is 23.7 Å². The molecule has 3 N–H and O–H groups in total. The molecule has 8 nitrogen and oxygen atoms in total. The Labute approximate surface area is 188 Å². The van der Waals surface area contributed by atoms with Crippen molar-refractivity contribution in [3.63, 3.8) is 0 Å². The van der Waals surface area contributed by atoms with Crippen LogP contribution in [0, 0.1) is 6.92 Å². The lowest BCUT2D eigenvalue weighted by atomic mass is 10.1. The van der Waals surface area contributed by atoms with Crippen molar-refractivity contribution in [1.82, 2.24) is 25.4 Å². The third kappa shape index (κ3) is 4.94. The molecule has 1 aromatic carbocycles. The lowest BCUT2D eigenvalue weighted by Crippen LogP contribution is -2.30. The van der Waals surface area contributed by atoms with Gasteiger partial charge in [-0.25, -0.2) is 9.67 Å². The van der Waals surface area contributed by atoms with Crippen LogP contribution in [-0.4, -0.2) is 44.8 Å². The summed E-state index contributed by atoms with van der Waals surface area (Å²) in [7, 11) is 0. The molecule has 0 unspecified atom stereocenters. The summed E-state index contributed by atoms with van der Waals surface area (Å²) < 4.78 is 1.81. The van der Waals surface area contributed by atoms with Crippen molar-refractivity contribution >= 4 is 34.2 Å². The number of phenolic OH excluding ortho intramolecular Hbond substituents is 1. The first kappa shape index (κ1) is 21.5. The van der Waals surface area contributed by atoms with Gasteiger partial charge in [-0.1, -0.05) is 12.1 Å². The number of nitrogens with one attached hydrogen (secondary N) is 2. The predicted octanol–water partition coefficient (Wildman–Crippen LogP) is 3.11. The number of rotatable bonds is 8. The Morgan fingerprint density at radius 1 is 1.09 bits per heavy atom. The molecule has 3 heterocycles. The number of hydrogen-bond donors (Lipinski definition) is 3. The fraction of sp³-hybridized carbons (Fsp3) is 0.217. The molecule has 3 aromatic heterocycles. The van der Waals surface area contributed by atoms with E-state index in [9.17, 15) is 14.7 Å². The van der Waals surface area contributed by atoms with Crippen molar-refractivity contribution in [2.24, 2.45) is 0 Å². The topological polar surface area (TPSA) is 109 Å². The zero-order valence-corrected chi connectivity index (χ0v) is 18.4. The zero-order chi connectivity index (χ0) is 22.5. The molecule has 0 bridgehead atoms. The summed E-state index contributed by atoms with van der Waals surface area (Å²) in [6.45, 7) is 3.27. The summed E-state index contributed by atoms with van der Waals surface area (Å²) in [5, 5.41) is 22.3. The second kappa shape index (κ2) is 9.61. The maximum Gasteiger partial charge on any atom is 0.252 e. The van der Waals surface area contributed by atoms with Crippen molar-refractivity contribution in [1.29, 1.82) is 0 Å². The van der Waals surface area contributed by atoms with E-state index in [1.165, 1.54) is 12.1 Å².